The number of likely N-dealkylation sites (N-methyl/N-ethyl adjacent to an activating group) is 1. The highest BCUT2D eigenvalue weighted by Gasteiger charge is 2.32. The van der Waals surface area contributed by atoms with Crippen molar-refractivity contribution in [1.29, 1.82) is 0 Å². The minimum atomic E-state index is -4.18. The molecule has 1 unspecified atom stereocenters. The second-order valence-electron chi connectivity index (χ2n) is 8.02. The Balaban J connectivity index is 2.00. The summed E-state index contributed by atoms with van der Waals surface area (Å²) in [5, 5.41) is 3.21. The summed E-state index contributed by atoms with van der Waals surface area (Å²) in [6.07, 6.45) is 0. The Morgan fingerprint density at radius 2 is 1.58 bits per heavy atom. The number of anilines is 1. The fourth-order valence-corrected chi connectivity index (χ4v) is 5.11. The second kappa shape index (κ2) is 12.0. The number of nitrogens with zero attached hydrogens (tertiary/aromatic N) is 2. The number of amides is 2. The summed E-state index contributed by atoms with van der Waals surface area (Å²) in [4.78, 5) is 27.6. The van der Waals surface area contributed by atoms with Crippen molar-refractivity contribution in [3.63, 3.8) is 0 Å². The van der Waals surface area contributed by atoms with E-state index >= 15 is 0 Å². The topological polar surface area (TPSA) is 86.8 Å². The van der Waals surface area contributed by atoms with Crippen molar-refractivity contribution in [3.05, 3.63) is 95.3 Å². The molecule has 0 aliphatic heterocycles. The summed E-state index contributed by atoms with van der Waals surface area (Å²) >= 11 is 5.98. The molecular weight excluding hydrogens is 505 g/mol. The van der Waals surface area contributed by atoms with E-state index in [0.29, 0.717) is 17.1 Å². The van der Waals surface area contributed by atoms with Crippen molar-refractivity contribution >= 4 is 39.1 Å². The van der Waals surface area contributed by atoms with Crippen LogP contribution in [0.5, 0.6) is 0 Å². The van der Waals surface area contributed by atoms with E-state index < -0.39 is 34.3 Å². The van der Waals surface area contributed by atoms with Gasteiger partial charge in [-0.2, -0.15) is 0 Å². The minimum Gasteiger partial charge on any atom is -0.355 e. The van der Waals surface area contributed by atoms with Crippen molar-refractivity contribution in [2.24, 2.45) is 0 Å². The van der Waals surface area contributed by atoms with Gasteiger partial charge in [-0.15, -0.1) is 0 Å². The molecule has 0 spiro atoms. The van der Waals surface area contributed by atoms with Crippen LogP contribution in [0.15, 0.2) is 83.8 Å². The molecule has 0 aliphatic rings. The van der Waals surface area contributed by atoms with E-state index in [-0.39, 0.29) is 23.0 Å². The Bertz CT molecular complexity index is 1290. The van der Waals surface area contributed by atoms with Crippen molar-refractivity contribution in [3.8, 4) is 0 Å². The molecule has 0 radical (unpaired) electrons. The molecule has 3 aromatic carbocycles. The van der Waals surface area contributed by atoms with Gasteiger partial charge in [-0.3, -0.25) is 13.9 Å². The van der Waals surface area contributed by atoms with Gasteiger partial charge in [0.15, 0.2) is 0 Å². The number of sulfonamides is 1. The molecule has 1 atom stereocenters. The molecule has 10 heteroatoms. The molecule has 2 amide bonds. The average Bonchev–Trinajstić information content (AvgIpc) is 2.87. The molecular formula is C26H27ClFN3O4S. The van der Waals surface area contributed by atoms with Crippen LogP contribution < -0.4 is 9.62 Å². The Morgan fingerprint density at radius 3 is 2.17 bits per heavy atom. The first-order valence-electron chi connectivity index (χ1n) is 11.3. The highest BCUT2D eigenvalue weighted by molar-refractivity contribution is 7.92. The van der Waals surface area contributed by atoms with Gasteiger partial charge in [0.05, 0.1) is 10.6 Å². The van der Waals surface area contributed by atoms with Crippen molar-refractivity contribution < 1.29 is 22.4 Å². The van der Waals surface area contributed by atoms with E-state index in [0.717, 1.165) is 16.4 Å². The third-order valence-electron chi connectivity index (χ3n) is 5.51. The van der Waals surface area contributed by atoms with Crippen molar-refractivity contribution in [1.82, 2.24) is 10.2 Å². The van der Waals surface area contributed by atoms with Crippen LogP contribution in [0, 0.1) is 5.82 Å². The molecule has 0 fully saturated rings. The number of benzene rings is 3. The highest BCUT2D eigenvalue weighted by Crippen LogP contribution is 2.25. The Hall–Kier alpha value is -3.43. The van der Waals surface area contributed by atoms with Crippen LogP contribution in [0.4, 0.5) is 10.1 Å². The normalized spacial score (nSPS) is 12.0. The molecule has 0 bridgehead atoms. The quantitative estimate of drug-likeness (QED) is 0.424. The number of hydrogen-bond donors (Lipinski definition) is 1. The number of nitrogens with one attached hydrogen (secondary N) is 1. The molecule has 0 saturated carbocycles. The van der Waals surface area contributed by atoms with Crippen LogP contribution >= 0.6 is 11.6 Å². The van der Waals surface area contributed by atoms with Crippen LogP contribution in [0.1, 0.15) is 19.4 Å². The zero-order chi connectivity index (χ0) is 26.3. The van der Waals surface area contributed by atoms with Gasteiger partial charge in [-0.1, -0.05) is 41.9 Å². The summed E-state index contributed by atoms with van der Waals surface area (Å²) in [5.74, 6) is -1.53. The van der Waals surface area contributed by atoms with Gasteiger partial charge >= 0.3 is 0 Å². The van der Waals surface area contributed by atoms with Gasteiger partial charge in [0.25, 0.3) is 10.0 Å². The van der Waals surface area contributed by atoms with Gasteiger partial charge in [0.1, 0.15) is 18.4 Å². The standard InChI is InChI=1S/C26H27ClFN3O4S/c1-3-29-26(33)19(2)30(17-20-9-11-21(27)12-10-20)25(32)18-31(23-15-13-22(28)14-16-23)36(34,35)24-7-5-4-6-8-24/h4-16,19H,3,17-18H2,1-2H3,(H,29,33). The summed E-state index contributed by atoms with van der Waals surface area (Å²) in [6, 6.07) is 18.4. The molecule has 1 N–H and O–H groups in total. The van der Waals surface area contributed by atoms with E-state index in [1.165, 1.54) is 29.2 Å². The largest absolute Gasteiger partial charge is 0.355 e. The molecule has 3 aromatic rings. The summed E-state index contributed by atoms with van der Waals surface area (Å²) in [7, 11) is -4.18. The molecule has 0 aromatic heterocycles. The van der Waals surface area contributed by atoms with Gasteiger partial charge < -0.3 is 10.2 Å². The molecule has 36 heavy (non-hydrogen) atoms. The Morgan fingerprint density at radius 1 is 0.972 bits per heavy atom. The lowest BCUT2D eigenvalue weighted by atomic mass is 10.1. The number of rotatable bonds is 10. The third kappa shape index (κ3) is 6.61. The molecule has 0 aliphatic carbocycles. The van der Waals surface area contributed by atoms with Crippen molar-refractivity contribution in [2.75, 3.05) is 17.4 Å². The molecule has 7 nitrogen and oxygen atoms in total. The van der Waals surface area contributed by atoms with Crippen molar-refractivity contribution in [2.45, 2.75) is 31.3 Å². The Labute approximate surface area is 215 Å². The van der Waals surface area contributed by atoms with Gasteiger partial charge in [0, 0.05) is 18.1 Å². The Kier molecular flexibility index (Phi) is 9.06. The molecule has 0 saturated heterocycles. The van der Waals surface area contributed by atoms with Crippen LogP contribution in [-0.2, 0) is 26.2 Å². The monoisotopic (exact) mass is 531 g/mol. The third-order valence-corrected chi connectivity index (χ3v) is 7.55. The average molecular weight is 532 g/mol. The van der Waals surface area contributed by atoms with E-state index in [2.05, 4.69) is 5.32 Å². The number of halogens is 2. The molecule has 0 heterocycles. The van der Waals surface area contributed by atoms with Gasteiger partial charge in [0.2, 0.25) is 11.8 Å². The fraction of sp³-hybridized carbons (Fsp3) is 0.231. The number of hydrogen-bond acceptors (Lipinski definition) is 4. The van der Waals surface area contributed by atoms with Crippen LogP contribution in [0.2, 0.25) is 5.02 Å². The maximum absolute atomic E-state index is 13.6. The first-order valence-corrected chi connectivity index (χ1v) is 13.1. The number of carbonyl (C=O) groups is 2. The molecule has 3 rings (SSSR count). The van der Waals surface area contributed by atoms with Gasteiger partial charge in [-0.05, 0) is 67.9 Å². The van der Waals surface area contributed by atoms with Gasteiger partial charge in [-0.25, -0.2) is 12.8 Å². The van der Waals surface area contributed by atoms with Crippen LogP contribution in [0.3, 0.4) is 0 Å². The fourth-order valence-electron chi connectivity index (χ4n) is 3.55. The predicted molar refractivity (Wildman–Crippen MR) is 138 cm³/mol. The number of carbonyl (C=O) groups excluding carboxylic acids is 2. The lowest BCUT2D eigenvalue weighted by molar-refractivity contribution is -0.139. The second-order valence-corrected chi connectivity index (χ2v) is 10.3. The maximum atomic E-state index is 13.6. The zero-order valence-electron chi connectivity index (χ0n) is 19.9. The smallest absolute Gasteiger partial charge is 0.264 e. The lowest BCUT2D eigenvalue weighted by Crippen LogP contribution is -2.51. The lowest BCUT2D eigenvalue weighted by Gasteiger charge is -2.32. The van der Waals surface area contributed by atoms with E-state index in [9.17, 15) is 22.4 Å². The predicted octanol–water partition coefficient (Wildman–Crippen LogP) is 4.23. The maximum Gasteiger partial charge on any atom is 0.264 e. The first kappa shape index (κ1) is 27.2. The highest BCUT2D eigenvalue weighted by atomic mass is 35.5. The summed E-state index contributed by atoms with van der Waals surface area (Å²) < 4.78 is 41.6. The zero-order valence-corrected chi connectivity index (χ0v) is 21.5. The van der Waals surface area contributed by atoms with Crippen LogP contribution in [-0.4, -0.2) is 44.3 Å². The van der Waals surface area contributed by atoms with E-state index in [4.69, 9.17) is 11.6 Å². The first-order chi connectivity index (χ1) is 17.1. The summed E-state index contributed by atoms with van der Waals surface area (Å²) in [6.45, 7) is 3.17. The minimum absolute atomic E-state index is 0.0249. The van der Waals surface area contributed by atoms with E-state index in [1.807, 2.05) is 0 Å². The molecule has 190 valence electrons. The van der Waals surface area contributed by atoms with E-state index in [1.54, 1.807) is 56.3 Å². The SMILES string of the molecule is CCNC(=O)C(C)N(Cc1ccc(Cl)cc1)C(=O)CN(c1ccc(F)cc1)S(=O)(=O)c1ccccc1. The van der Waals surface area contributed by atoms with Crippen LogP contribution in [0.25, 0.3) is 0 Å². The summed E-state index contributed by atoms with van der Waals surface area (Å²) in [5.41, 5.74) is 0.828.